The molecule has 3 heterocycles. The zero-order chi connectivity index (χ0) is 23.0. The molecule has 0 bridgehead atoms. The Kier molecular flexibility index (Phi) is 5.96. The first kappa shape index (κ1) is 22.1. The highest BCUT2D eigenvalue weighted by Gasteiger charge is 2.31. The summed E-state index contributed by atoms with van der Waals surface area (Å²) in [5, 5.41) is 7.12. The smallest absolute Gasteiger partial charge is 0.279 e. The van der Waals surface area contributed by atoms with Gasteiger partial charge in [-0.05, 0) is 42.6 Å². The van der Waals surface area contributed by atoms with E-state index in [9.17, 15) is 13.2 Å². The van der Waals surface area contributed by atoms with Crippen molar-refractivity contribution in [2.24, 2.45) is 0 Å². The maximum Gasteiger partial charge on any atom is 0.279 e. The number of aromatic nitrogens is 1. The number of nitrogens with zero attached hydrogens (tertiary/aromatic N) is 2. The summed E-state index contributed by atoms with van der Waals surface area (Å²) in [4.78, 5) is 13.8. The van der Waals surface area contributed by atoms with Crippen LogP contribution in [0.2, 0.25) is 0 Å². The largest absolute Gasteiger partial charge is 0.341 e. The van der Waals surface area contributed by atoms with Gasteiger partial charge in [-0.1, -0.05) is 24.3 Å². The Morgan fingerprint density at radius 1 is 1.03 bits per heavy atom. The van der Waals surface area contributed by atoms with E-state index in [0.717, 1.165) is 28.0 Å². The number of fused-ring (bicyclic) bond motifs is 3. The van der Waals surface area contributed by atoms with Crippen LogP contribution in [-0.4, -0.2) is 55.9 Å². The van der Waals surface area contributed by atoms with Crippen molar-refractivity contribution in [3.05, 3.63) is 60.0 Å². The van der Waals surface area contributed by atoms with Crippen LogP contribution in [0.25, 0.3) is 21.8 Å². The third-order valence-electron chi connectivity index (χ3n) is 6.30. The van der Waals surface area contributed by atoms with Crippen molar-refractivity contribution in [3.8, 4) is 0 Å². The summed E-state index contributed by atoms with van der Waals surface area (Å²) in [5.41, 5.74) is 3.13. The van der Waals surface area contributed by atoms with E-state index in [0.29, 0.717) is 36.9 Å². The molecular weight excluding hydrogens is 456 g/mol. The first-order chi connectivity index (χ1) is 16.0. The second-order valence-electron chi connectivity index (χ2n) is 8.30. The maximum absolute atomic E-state index is 12.7. The number of piperazine rings is 1. The fourth-order valence-electron chi connectivity index (χ4n) is 4.66. The molecule has 0 aliphatic carbocycles. The molecule has 1 saturated heterocycles. The summed E-state index contributed by atoms with van der Waals surface area (Å²) in [6.07, 6.45) is 0. The molecule has 9 heteroatoms. The summed E-state index contributed by atoms with van der Waals surface area (Å²) in [6, 6.07) is 17.8. The minimum Gasteiger partial charge on any atom is -0.341 e. The molecule has 172 valence electrons. The fraction of sp³-hybridized carbons (Fsp3) is 0.292. The molecule has 0 saturated carbocycles. The molecule has 0 spiro atoms. The van der Waals surface area contributed by atoms with Crippen molar-refractivity contribution in [2.75, 3.05) is 38.0 Å². The number of nitrogens with one attached hydrogen (secondary N) is 2. The van der Waals surface area contributed by atoms with Gasteiger partial charge < -0.3 is 14.8 Å². The number of aryl methyl sites for hydroxylation is 1. The summed E-state index contributed by atoms with van der Waals surface area (Å²) in [6.45, 7) is 5.41. The van der Waals surface area contributed by atoms with Crippen LogP contribution in [0.4, 0.5) is 5.69 Å². The number of quaternary nitrogens is 1. The zero-order valence-corrected chi connectivity index (χ0v) is 20.1. The van der Waals surface area contributed by atoms with Crippen molar-refractivity contribution in [1.82, 2.24) is 8.87 Å². The molecular formula is C24H27N4O3S2+. The molecule has 4 aromatic rings. The standard InChI is InChI=1S/C24H26N4O3S2/c1-2-28-21-7-4-3-6-19(21)20-16-18(9-10-22(20)28)25-23(29)17-26-11-13-27(14-12-26)33(30,31)24-8-5-15-32-24/h3-10,15-16H,2,11-14,17H2,1H3,(H,25,29)/p+1. The highest BCUT2D eigenvalue weighted by molar-refractivity contribution is 7.91. The van der Waals surface area contributed by atoms with Gasteiger partial charge in [0.1, 0.15) is 4.21 Å². The molecule has 0 atom stereocenters. The van der Waals surface area contributed by atoms with Crippen LogP contribution >= 0.6 is 11.3 Å². The Balaban J connectivity index is 1.24. The molecule has 0 unspecified atom stereocenters. The van der Waals surface area contributed by atoms with Crippen LogP contribution in [0.3, 0.4) is 0 Å². The molecule has 1 aliphatic rings. The lowest BCUT2D eigenvalue weighted by atomic mass is 10.1. The zero-order valence-electron chi connectivity index (χ0n) is 18.5. The van der Waals surface area contributed by atoms with Gasteiger partial charge in [-0.25, -0.2) is 8.42 Å². The van der Waals surface area contributed by atoms with Crippen molar-refractivity contribution < 1.29 is 18.1 Å². The van der Waals surface area contributed by atoms with E-state index >= 15 is 0 Å². The molecule has 5 rings (SSSR count). The van der Waals surface area contributed by atoms with Crippen molar-refractivity contribution in [3.63, 3.8) is 0 Å². The quantitative estimate of drug-likeness (QED) is 0.442. The normalized spacial score (nSPS) is 15.9. The second kappa shape index (κ2) is 8.90. The highest BCUT2D eigenvalue weighted by atomic mass is 32.2. The molecule has 33 heavy (non-hydrogen) atoms. The van der Waals surface area contributed by atoms with E-state index in [1.54, 1.807) is 17.5 Å². The number of hydrogen-bond donors (Lipinski definition) is 2. The number of benzene rings is 2. The number of amides is 1. The van der Waals surface area contributed by atoms with E-state index < -0.39 is 10.0 Å². The SMILES string of the molecule is CCn1c2ccccc2c2cc(NC(=O)C[NH+]3CCN(S(=O)(=O)c4cccs4)CC3)ccc21. The van der Waals surface area contributed by atoms with E-state index in [1.165, 1.54) is 26.5 Å². The van der Waals surface area contributed by atoms with Crippen LogP contribution < -0.4 is 10.2 Å². The average molecular weight is 484 g/mol. The Bertz CT molecular complexity index is 1400. The minimum atomic E-state index is -3.42. The van der Waals surface area contributed by atoms with Gasteiger partial charge in [-0.15, -0.1) is 11.3 Å². The highest BCUT2D eigenvalue weighted by Crippen LogP contribution is 2.31. The van der Waals surface area contributed by atoms with Gasteiger partial charge in [-0.3, -0.25) is 4.79 Å². The summed E-state index contributed by atoms with van der Waals surface area (Å²) >= 11 is 1.24. The Morgan fingerprint density at radius 3 is 2.52 bits per heavy atom. The lowest BCUT2D eigenvalue weighted by molar-refractivity contribution is -0.895. The van der Waals surface area contributed by atoms with E-state index in [2.05, 4.69) is 35.0 Å². The summed E-state index contributed by atoms with van der Waals surface area (Å²) in [5.74, 6) is -0.0573. The third-order valence-corrected chi connectivity index (χ3v) is 9.57. The summed E-state index contributed by atoms with van der Waals surface area (Å²) in [7, 11) is -3.42. The lowest BCUT2D eigenvalue weighted by Crippen LogP contribution is -3.15. The minimum absolute atomic E-state index is 0.0573. The predicted molar refractivity (Wildman–Crippen MR) is 132 cm³/mol. The third kappa shape index (κ3) is 4.17. The first-order valence-electron chi connectivity index (χ1n) is 11.2. The number of hydrogen-bond acceptors (Lipinski definition) is 4. The van der Waals surface area contributed by atoms with Gasteiger partial charge in [-0.2, -0.15) is 4.31 Å². The van der Waals surface area contributed by atoms with Crippen molar-refractivity contribution in [1.29, 1.82) is 0 Å². The Labute approximate surface area is 197 Å². The lowest BCUT2D eigenvalue weighted by Gasteiger charge is -2.30. The number of carbonyl (C=O) groups excluding carboxylic acids is 1. The molecule has 2 N–H and O–H groups in total. The molecule has 2 aromatic heterocycles. The summed E-state index contributed by atoms with van der Waals surface area (Å²) < 4.78 is 29.6. The number of thiophene rings is 1. The average Bonchev–Trinajstić information content (AvgIpc) is 3.46. The second-order valence-corrected chi connectivity index (χ2v) is 11.4. The van der Waals surface area contributed by atoms with Gasteiger partial charge in [0.05, 0.1) is 26.2 Å². The van der Waals surface area contributed by atoms with Crippen LogP contribution in [0.5, 0.6) is 0 Å². The van der Waals surface area contributed by atoms with E-state index in [1.807, 2.05) is 24.3 Å². The van der Waals surface area contributed by atoms with Crippen LogP contribution in [0.15, 0.2) is 64.2 Å². The maximum atomic E-state index is 12.7. The van der Waals surface area contributed by atoms with Crippen molar-refractivity contribution in [2.45, 2.75) is 17.7 Å². The number of rotatable bonds is 6. The Morgan fingerprint density at radius 2 is 1.79 bits per heavy atom. The number of para-hydroxylation sites is 1. The predicted octanol–water partition coefficient (Wildman–Crippen LogP) is 2.40. The van der Waals surface area contributed by atoms with Gasteiger partial charge in [0, 0.05) is 34.0 Å². The fourth-order valence-corrected chi connectivity index (χ4v) is 7.25. The molecule has 0 radical (unpaired) electrons. The van der Waals surface area contributed by atoms with E-state index in [-0.39, 0.29) is 5.91 Å². The molecule has 1 fully saturated rings. The molecule has 7 nitrogen and oxygen atoms in total. The number of anilines is 1. The van der Waals surface area contributed by atoms with Gasteiger partial charge in [0.15, 0.2) is 6.54 Å². The van der Waals surface area contributed by atoms with Crippen LogP contribution in [-0.2, 0) is 21.4 Å². The molecule has 1 aliphatic heterocycles. The molecule has 1 amide bonds. The van der Waals surface area contributed by atoms with Crippen LogP contribution in [0, 0.1) is 0 Å². The van der Waals surface area contributed by atoms with Gasteiger partial charge >= 0.3 is 0 Å². The van der Waals surface area contributed by atoms with Gasteiger partial charge in [0.25, 0.3) is 15.9 Å². The number of sulfonamides is 1. The van der Waals surface area contributed by atoms with E-state index in [4.69, 9.17) is 0 Å². The first-order valence-corrected chi connectivity index (χ1v) is 13.5. The Hall–Kier alpha value is -2.72. The van der Waals surface area contributed by atoms with Crippen molar-refractivity contribution >= 4 is 54.8 Å². The monoisotopic (exact) mass is 483 g/mol. The van der Waals surface area contributed by atoms with Crippen LogP contribution in [0.1, 0.15) is 6.92 Å². The van der Waals surface area contributed by atoms with Gasteiger partial charge in [0.2, 0.25) is 0 Å². The number of carbonyl (C=O) groups is 1. The topological polar surface area (TPSA) is 75.8 Å². The molecule has 2 aromatic carbocycles.